The maximum absolute atomic E-state index is 6.63. The van der Waals surface area contributed by atoms with Crippen LogP contribution >= 0.6 is 0 Å². The zero-order valence-electron chi connectivity index (χ0n) is 15.6. The number of allylic oxidation sites excluding steroid dienone is 1. The molecule has 1 heterocycles. The molecule has 0 aliphatic carbocycles. The number of benzene rings is 3. The third-order valence-corrected chi connectivity index (χ3v) is 5.66. The summed E-state index contributed by atoms with van der Waals surface area (Å²) in [4.78, 5) is 3.60. The SMILES string of the molecule is [B]/C(=C(\[B])C(C)CC)c1c(C)c2ccccc2c2c1[nH]c1ccccc12. The van der Waals surface area contributed by atoms with Crippen molar-refractivity contribution in [2.75, 3.05) is 0 Å². The van der Waals surface area contributed by atoms with Crippen LogP contribution in [0.15, 0.2) is 54.0 Å². The summed E-state index contributed by atoms with van der Waals surface area (Å²) in [6, 6.07) is 16.9. The predicted octanol–water partition coefficient (Wildman–Crippen LogP) is 5.83. The molecule has 1 nitrogen and oxygen atoms in total. The minimum Gasteiger partial charge on any atom is -0.354 e. The van der Waals surface area contributed by atoms with Crippen LogP contribution in [0.4, 0.5) is 0 Å². The highest BCUT2D eigenvalue weighted by molar-refractivity contribution is 6.50. The number of aromatic amines is 1. The number of para-hydroxylation sites is 1. The van der Waals surface area contributed by atoms with Crippen molar-refractivity contribution < 1.29 is 0 Å². The van der Waals surface area contributed by atoms with Crippen molar-refractivity contribution in [3.8, 4) is 0 Å². The highest BCUT2D eigenvalue weighted by Crippen LogP contribution is 2.40. The van der Waals surface area contributed by atoms with Crippen molar-refractivity contribution in [2.45, 2.75) is 27.2 Å². The number of hydrogen-bond donors (Lipinski definition) is 1. The number of fused-ring (bicyclic) bond motifs is 5. The molecule has 1 aromatic heterocycles. The van der Waals surface area contributed by atoms with Gasteiger partial charge in [0.25, 0.3) is 0 Å². The molecule has 0 aliphatic heterocycles. The number of hydrogen-bond acceptors (Lipinski definition) is 0. The Labute approximate surface area is 157 Å². The molecule has 0 aliphatic rings. The molecular formula is C23H21B2N. The van der Waals surface area contributed by atoms with Gasteiger partial charge in [0, 0.05) is 16.3 Å². The zero-order valence-corrected chi connectivity index (χ0v) is 15.6. The summed E-state index contributed by atoms with van der Waals surface area (Å²) in [6.45, 7) is 6.40. The smallest absolute Gasteiger partial charge is 0.113 e. The van der Waals surface area contributed by atoms with Crippen LogP contribution in [0.25, 0.3) is 38.1 Å². The minimum absolute atomic E-state index is 0.250. The molecule has 1 unspecified atom stereocenters. The molecular weight excluding hydrogens is 312 g/mol. The van der Waals surface area contributed by atoms with Crippen LogP contribution in [0.5, 0.6) is 0 Å². The summed E-state index contributed by atoms with van der Waals surface area (Å²) in [5, 5.41) is 4.90. The lowest BCUT2D eigenvalue weighted by Gasteiger charge is -2.19. The topological polar surface area (TPSA) is 15.8 Å². The van der Waals surface area contributed by atoms with Gasteiger partial charge < -0.3 is 4.98 Å². The van der Waals surface area contributed by atoms with Gasteiger partial charge in [0.05, 0.1) is 5.52 Å². The third-order valence-electron chi connectivity index (χ3n) is 5.66. The summed E-state index contributed by atoms with van der Waals surface area (Å²) in [5.74, 6) is 0.250. The zero-order chi connectivity index (χ0) is 18.4. The van der Waals surface area contributed by atoms with E-state index >= 15 is 0 Å². The van der Waals surface area contributed by atoms with Crippen molar-refractivity contribution in [3.05, 3.63) is 65.1 Å². The normalized spacial score (nSPS) is 14.1. The maximum atomic E-state index is 6.63. The van der Waals surface area contributed by atoms with Crippen LogP contribution in [-0.4, -0.2) is 20.7 Å². The van der Waals surface area contributed by atoms with Crippen LogP contribution in [0, 0.1) is 12.8 Å². The summed E-state index contributed by atoms with van der Waals surface area (Å²) in [6.07, 6.45) is 0.967. The molecule has 1 atom stereocenters. The molecule has 0 fully saturated rings. The second kappa shape index (κ2) is 6.39. The van der Waals surface area contributed by atoms with E-state index in [2.05, 4.69) is 74.3 Å². The Bertz CT molecular complexity index is 1170. The Hall–Kier alpha value is -2.41. The summed E-state index contributed by atoms with van der Waals surface area (Å²) in [7, 11) is 13.1. The molecule has 124 valence electrons. The van der Waals surface area contributed by atoms with Gasteiger partial charge in [-0.1, -0.05) is 68.2 Å². The molecule has 3 heteroatoms. The first-order valence-electron chi connectivity index (χ1n) is 9.21. The second-order valence-electron chi connectivity index (χ2n) is 7.14. The molecule has 3 aromatic carbocycles. The van der Waals surface area contributed by atoms with Crippen LogP contribution in [0.1, 0.15) is 31.4 Å². The van der Waals surface area contributed by atoms with Gasteiger partial charge in [0.15, 0.2) is 0 Å². The standard InChI is InChI=1S/C23H21B2N/c1-4-13(2)21(24)22(25)19-14(3)15-9-5-6-10-16(15)20-17-11-7-8-12-18(17)26-23(19)20/h5-13,26H,4H2,1-3H3/b22-21-. The molecule has 4 rings (SSSR count). The first kappa shape index (κ1) is 17.0. The maximum Gasteiger partial charge on any atom is 0.113 e. The van der Waals surface area contributed by atoms with Gasteiger partial charge >= 0.3 is 0 Å². The van der Waals surface area contributed by atoms with Crippen molar-refractivity contribution in [1.82, 2.24) is 4.98 Å². The number of aromatic nitrogens is 1. The molecule has 0 bridgehead atoms. The van der Waals surface area contributed by atoms with Crippen LogP contribution < -0.4 is 0 Å². The van der Waals surface area contributed by atoms with E-state index in [1.54, 1.807) is 0 Å². The quantitative estimate of drug-likeness (QED) is 0.454. The van der Waals surface area contributed by atoms with Gasteiger partial charge in [0.1, 0.15) is 15.7 Å². The van der Waals surface area contributed by atoms with E-state index in [-0.39, 0.29) is 5.92 Å². The van der Waals surface area contributed by atoms with Crippen molar-refractivity contribution in [1.29, 1.82) is 0 Å². The van der Waals surface area contributed by atoms with E-state index in [9.17, 15) is 0 Å². The Balaban J connectivity index is 2.24. The summed E-state index contributed by atoms with van der Waals surface area (Å²) < 4.78 is 0. The van der Waals surface area contributed by atoms with E-state index in [1.165, 1.54) is 27.1 Å². The Morgan fingerprint density at radius 1 is 0.962 bits per heavy atom. The highest BCUT2D eigenvalue weighted by atomic mass is 14.7. The lowest BCUT2D eigenvalue weighted by atomic mass is 9.69. The van der Waals surface area contributed by atoms with Crippen molar-refractivity contribution in [2.24, 2.45) is 5.92 Å². The van der Waals surface area contributed by atoms with Crippen LogP contribution in [-0.2, 0) is 0 Å². The monoisotopic (exact) mass is 333 g/mol. The average Bonchev–Trinajstić information content (AvgIpc) is 3.06. The molecule has 0 amide bonds. The Kier molecular flexibility index (Phi) is 4.19. The second-order valence-corrected chi connectivity index (χ2v) is 7.14. The van der Waals surface area contributed by atoms with Gasteiger partial charge in [-0.3, -0.25) is 0 Å². The van der Waals surface area contributed by atoms with Gasteiger partial charge in [-0.05, 0) is 40.8 Å². The van der Waals surface area contributed by atoms with Gasteiger partial charge in [-0.15, -0.1) is 5.47 Å². The largest absolute Gasteiger partial charge is 0.354 e. The molecule has 26 heavy (non-hydrogen) atoms. The van der Waals surface area contributed by atoms with Crippen LogP contribution in [0.2, 0.25) is 0 Å². The highest BCUT2D eigenvalue weighted by Gasteiger charge is 2.18. The number of H-pyrrole nitrogens is 1. The Morgan fingerprint density at radius 2 is 1.58 bits per heavy atom. The van der Waals surface area contributed by atoms with Crippen LogP contribution in [0.3, 0.4) is 0 Å². The molecule has 0 spiro atoms. The summed E-state index contributed by atoms with van der Waals surface area (Å²) in [5.41, 5.74) is 5.86. The summed E-state index contributed by atoms with van der Waals surface area (Å²) >= 11 is 0. The molecule has 1 N–H and O–H groups in total. The van der Waals surface area contributed by atoms with E-state index in [4.69, 9.17) is 15.7 Å². The number of rotatable bonds is 3. The van der Waals surface area contributed by atoms with Gasteiger partial charge in [-0.25, -0.2) is 0 Å². The van der Waals surface area contributed by atoms with E-state index in [1.807, 2.05) is 0 Å². The lowest BCUT2D eigenvalue weighted by molar-refractivity contribution is 0.687. The van der Waals surface area contributed by atoms with Gasteiger partial charge in [0.2, 0.25) is 0 Å². The van der Waals surface area contributed by atoms with Crippen molar-refractivity contribution >= 4 is 53.7 Å². The molecule has 0 saturated carbocycles. The lowest BCUT2D eigenvalue weighted by Crippen LogP contribution is -2.04. The third kappa shape index (κ3) is 2.41. The van der Waals surface area contributed by atoms with E-state index in [0.29, 0.717) is 5.47 Å². The van der Waals surface area contributed by atoms with E-state index in [0.717, 1.165) is 28.5 Å². The fraction of sp³-hybridized carbons (Fsp3) is 0.217. The van der Waals surface area contributed by atoms with E-state index < -0.39 is 0 Å². The van der Waals surface area contributed by atoms with Crippen molar-refractivity contribution in [3.63, 3.8) is 0 Å². The number of nitrogens with one attached hydrogen (secondary N) is 1. The minimum atomic E-state index is 0.250. The first-order chi connectivity index (χ1) is 12.5. The molecule has 4 radical (unpaired) electrons. The first-order valence-corrected chi connectivity index (χ1v) is 9.21. The number of aryl methyl sites for hydroxylation is 1. The fourth-order valence-corrected chi connectivity index (χ4v) is 3.93. The molecule has 4 aromatic rings. The van der Waals surface area contributed by atoms with Gasteiger partial charge in [-0.2, -0.15) is 0 Å². The molecule has 0 saturated heterocycles. The Morgan fingerprint density at radius 3 is 2.27 bits per heavy atom. The fourth-order valence-electron chi connectivity index (χ4n) is 3.93. The predicted molar refractivity (Wildman–Crippen MR) is 116 cm³/mol. The average molecular weight is 333 g/mol.